The molecule has 0 spiro atoms. The molecule has 160 valence electrons. The van der Waals surface area contributed by atoms with Crippen LogP contribution in [0.2, 0.25) is 0 Å². The number of phenolic OH excluding ortho intramolecular Hbond substituents is 1. The molecule has 1 rings (SSSR count). The molecule has 28 heavy (non-hydrogen) atoms. The molecule has 0 bridgehead atoms. The van der Waals surface area contributed by atoms with Crippen molar-refractivity contribution in [2.75, 3.05) is 14.1 Å². The van der Waals surface area contributed by atoms with Crippen LogP contribution in [0.3, 0.4) is 0 Å². The molecule has 0 fully saturated rings. The first-order valence-corrected chi connectivity index (χ1v) is 11.1. The molecule has 0 aliphatic rings. The Kier molecular flexibility index (Phi) is 11.6. The summed E-state index contributed by atoms with van der Waals surface area (Å²) in [5.41, 5.74) is 2.12. The van der Waals surface area contributed by atoms with E-state index >= 15 is 0 Å². The standard InChI is InChI=1S/C18H26O5S2.C2H7N/c1-10(16(20)21)24-8-12-6-13(9-25-11(2)17(22)23)15(19)14(7-12)18(3,4)5;1-3-2/h6-7,10-11,19H,8-9H2,1-5H3,(H,20,21)(H,22,23);3H,1-2H3. The molecule has 6 nitrogen and oxygen atoms in total. The highest BCUT2D eigenvalue weighted by molar-refractivity contribution is 8.00. The third-order valence-corrected chi connectivity index (χ3v) is 6.12. The number of carboxylic acid groups (broad SMARTS) is 2. The SMILES string of the molecule is CC(SCc1cc(CSC(C)C(=O)O)c(O)c(C(C)(C)C)c1)C(=O)O.CNC. The predicted octanol–water partition coefficient (Wildman–Crippen LogP) is 3.94. The molecule has 0 amide bonds. The number of thioether (sulfide) groups is 2. The fourth-order valence-corrected chi connectivity index (χ4v) is 3.65. The molecular weight excluding hydrogens is 398 g/mol. The van der Waals surface area contributed by atoms with E-state index in [1.165, 1.54) is 23.5 Å². The molecule has 2 unspecified atom stereocenters. The summed E-state index contributed by atoms with van der Waals surface area (Å²) in [5, 5.41) is 30.3. The Morgan fingerprint density at radius 1 is 1.00 bits per heavy atom. The van der Waals surface area contributed by atoms with Crippen LogP contribution in [-0.2, 0) is 26.5 Å². The number of aliphatic carboxylic acids is 2. The van der Waals surface area contributed by atoms with E-state index < -0.39 is 22.4 Å². The van der Waals surface area contributed by atoms with Crippen LogP contribution in [0.1, 0.15) is 51.3 Å². The maximum atomic E-state index is 11.0. The zero-order chi connectivity index (χ0) is 22.1. The zero-order valence-corrected chi connectivity index (χ0v) is 19.3. The van der Waals surface area contributed by atoms with Gasteiger partial charge in [0.15, 0.2) is 0 Å². The van der Waals surface area contributed by atoms with Crippen molar-refractivity contribution in [3.05, 3.63) is 28.8 Å². The maximum absolute atomic E-state index is 11.0. The van der Waals surface area contributed by atoms with E-state index in [9.17, 15) is 14.7 Å². The van der Waals surface area contributed by atoms with Crippen LogP contribution in [0.4, 0.5) is 0 Å². The van der Waals surface area contributed by atoms with E-state index in [2.05, 4.69) is 5.32 Å². The Morgan fingerprint density at radius 2 is 1.43 bits per heavy atom. The van der Waals surface area contributed by atoms with E-state index in [1.54, 1.807) is 13.8 Å². The van der Waals surface area contributed by atoms with Crippen LogP contribution in [0, 0.1) is 0 Å². The van der Waals surface area contributed by atoms with Crippen molar-refractivity contribution in [3.63, 3.8) is 0 Å². The lowest BCUT2D eigenvalue weighted by atomic mass is 9.84. The van der Waals surface area contributed by atoms with Gasteiger partial charge in [-0.3, -0.25) is 9.59 Å². The highest BCUT2D eigenvalue weighted by Gasteiger charge is 2.23. The van der Waals surface area contributed by atoms with E-state index in [-0.39, 0.29) is 11.2 Å². The first-order chi connectivity index (χ1) is 12.8. The van der Waals surface area contributed by atoms with Crippen molar-refractivity contribution in [3.8, 4) is 5.75 Å². The molecular formula is C20H33NO5S2. The minimum atomic E-state index is -0.887. The second-order valence-corrected chi connectivity index (χ2v) is 10.1. The van der Waals surface area contributed by atoms with Crippen LogP contribution in [0.5, 0.6) is 5.75 Å². The quantitative estimate of drug-likeness (QED) is 0.490. The number of carboxylic acids is 2. The summed E-state index contributed by atoms with van der Waals surface area (Å²) in [7, 11) is 3.75. The Labute approximate surface area is 176 Å². The summed E-state index contributed by atoms with van der Waals surface area (Å²) in [6, 6.07) is 3.75. The van der Waals surface area contributed by atoms with Crippen molar-refractivity contribution < 1.29 is 24.9 Å². The number of hydrogen-bond donors (Lipinski definition) is 4. The van der Waals surface area contributed by atoms with Crippen molar-refractivity contribution in [2.45, 2.75) is 62.0 Å². The summed E-state index contributed by atoms with van der Waals surface area (Å²) in [6.45, 7) is 9.24. The van der Waals surface area contributed by atoms with Gasteiger partial charge in [-0.15, -0.1) is 23.5 Å². The lowest BCUT2D eigenvalue weighted by molar-refractivity contribution is -0.137. The second kappa shape index (κ2) is 12.2. The van der Waals surface area contributed by atoms with Crippen LogP contribution in [0.25, 0.3) is 0 Å². The fraction of sp³-hybridized carbons (Fsp3) is 0.600. The van der Waals surface area contributed by atoms with Gasteiger partial charge in [-0.1, -0.05) is 32.9 Å². The number of phenols is 1. The fourth-order valence-electron chi connectivity index (χ4n) is 2.10. The average molecular weight is 432 g/mol. The lowest BCUT2D eigenvalue weighted by Gasteiger charge is -2.24. The number of benzene rings is 1. The van der Waals surface area contributed by atoms with Crippen molar-refractivity contribution in [2.24, 2.45) is 0 Å². The molecule has 2 atom stereocenters. The van der Waals surface area contributed by atoms with Gasteiger partial charge < -0.3 is 20.6 Å². The molecule has 0 aliphatic heterocycles. The van der Waals surface area contributed by atoms with E-state index in [4.69, 9.17) is 10.2 Å². The van der Waals surface area contributed by atoms with Gasteiger partial charge in [0.25, 0.3) is 0 Å². The van der Waals surface area contributed by atoms with Gasteiger partial charge in [0, 0.05) is 17.1 Å². The van der Waals surface area contributed by atoms with Crippen molar-refractivity contribution in [1.82, 2.24) is 5.32 Å². The van der Waals surface area contributed by atoms with Crippen LogP contribution in [-0.4, -0.2) is 51.9 Å². The van der Waals surface area contributed by atoms with E-state index in [0.717, 1.165) is 11.1 Å². The highest BCUT2D eigenvalue weighted by Crippen LogP contribution is 2.37. The Morgan fingerprint density at radius 3 is 1.82 bits per heavy atom. The zero-order valence-electron chi connectivity index (χ0n) is 17.7. The Hall–Kier alpha value is -1.38. The van der Waals surface area contributed by atoms with Gasteiger partial charge in [-0.05, 0) is 44.5 Å². The second-order valence-electron chi connectivity index (χ2n) is 7.48. The van der Waals surface area contributed by atoms with Gasteiger partial charge in [-0.25, -0.2) is 0 Å². The summed E-state index contributed by atoms with van der Waals surface area (Å²) in [4.78, 5) is 22.0. The largest absolute Gasteiger partial charge is 0.507 e. The number of aromatic hydroxyl groups is 1. The number of carbonyl (C=O) groups is 2. The summed E-state index contributed by atoms with van der Waals surface area (Å²) in [6.07, 6.45) is 0. The molecule has 0 radical (unpaired) electrons. The van der Waals surface area contributed by atoms with Gasteiger partial charge in [0.2, 0.25) is 0 Å². The van der Waals surface area contributed by atoms with Crippen LogP contribution in [0.15, 0.2) is 12.1 Å². The normalized spacial score (nSPS) is 13.2. The predicted molar refractivity (Wildman–Crippen MR) is 119 cm³/mol. The molecule has 8 heteroatoms. The smallest absolute Gasteiger partial charge is 0.316 e. The van der Waals surface area contributed by atoms with Crippen molar-refractivity contribution >= 4 is 35.5 Å². The number of rotatable bonds is 8. The first kappa shape index (κ1) is 26.6. The molecule has 4 N–H and O–H groups in total. The van der Waals surface area contributed by atoms with Gasteiger partial charge >= 0.3 is 11.9 Å². The Balaban J connectivity index is 0.00000227. The summed E-state index contributed by atoms with van der Waals surface area (Å²) in [5.74, 6) is -0.649. The van der Waals surface area contributed by atoms with E-state index in [0.29, 0.717) is 17.1 Å². The Bertz CT molecular complexity index is 659. The highest BCUT2D eigenvalue weighted by atomic mass is 32.2. The van der Waals surface area contributed by atoms with Crippen molar-refractivity contribution in [1.29, 1.82) is 0 Å². The van der Waals surface area contributed by atoms with Gasteiger partial charge in [0.05, 0.1) is 10.5 Å². The van der Waals surface area contributed by atoms with Crippen LogP contribution < -0.4 is 5.32 Å². The molecule has 0 heterocycles. The third kappa shape index (κ3) is 9.21. The molecule has 0 aromatic heterocycles. The molecule has 1 aromatic rings. The minimum absolute atomic E-state index is 0.192. The monoisotopic (exact) mass is 431 g/mol. The molecule has 1 aromatic carbocycles. The third-order valence-electron chi connectivity index (χ3n) is 3.74. The number of nitrogens with one attached hydrogen (secondary N) is 1. The number of hydrogen-bond acceptors (Lipinski definition) is 6. The summed E-state index contributed by atoms with van der Waals surface area (Å²) < 4.78 is 0. The average Bonchev–Trinajstić information content (AvgIpc) is 2.58. The maximum Gasteiger partial charge on any atom is 0.316 e. The van der Waals surface area contributed by atoms with Crippen LogP contribution >= 0.6 is 23.5 Å². The van der Waals surface area contributed by atoms with Gasteiger partial charge in [0.1, 0.15) is 5.75 Å². The lowest BCUT2D eigenvalue weighted by Crippen LogP contribution is -2.15. The topological polar surface area (TPSA) is 107 Å². The summed E-state index contributed by atoms with van der Waals surface area (Å²) >= 11 is 2.57. The molecule has 0 aliphatic carbocycles. The first-order valence-electron chi connectivity index (χ1n) is 8.97. The molecule has 0 saturated carbocycles. The van der Waals surface area contributed by atoms with Gasteiger partial charge in [-0.2, -0.15) is 0 Å². The van der Waals surface area contributed by atoms with E-state index in [1.807, 2.05) is 47.0 Å². The molecule has 0 saturated heterocycles. The minimum Gasteiger partial charge on any atom is -0.507 e.